The quantitative estimate of drug-likeness (QED) is 0.296. The molecule has 0 radical (unpaired) electrons. The molecule has 4 fully saturated rings. The van der Waals surface area contributed by atoms with Crippen LogP contribution in [0, 0.1) is 35.0 Å². The Balaban J connectivity index is 1.24. The summed E-state index contributed by atoms with van der Waals surface area (Å²) in [6.45, 7) is 2.74. The number of carbonyl (C=O) groups is 1. The van der Waals surface area contributed by atoms with Crippen molar-refractivity contribution in [1.29, 1.82) is 0 Å². The van der Waals surface area contributed by atoms with Gasteiger partial charge < -0.3 is 4.74 Å². The predicted molar refractivity (Wildman–Crippen MR) is 102 cm³/mol. The van der Waals surface area contributed by atoms with Gasteiger partial charge in [0.25, 0.3) is 0 Å². The monoisotopic (exact) mass is 344 g/mol. The van der Waals surface area contributed by atoms with Crippen molar-refractivity contribution in [3.63, 3.8) is 0 Å². The standard InChI is InChI=1S/C23H36O2/c1-2-3-4-5-6-7-8-9-10-11-12-25-22(24)23-16-19-13-20(17-23)15-21(14-19)18-23/h19-21H,2,5-18H2,1H3. The molecule has 0 aromatic heterocycles. The Kier molecular flexibility index (Phi) is 6.85. The number of carbonyl (C=O) groups excluding carboxylic acids is 1. The highest BCUT2D eigenvalue weighted by atomic mass is 16.5. The first-order chi connectivity index (χ1) is 12.2. The van der Waals surface area contributed by atoms with Gasteiger partial charge in [0.05, 0.1) is 12.0 Å². The smallest absolute Gasteiger partial charge is 0.312 e. The Labute approximate surface area is 154 Å². The van der Waals surface area contributed by atoms with Gasteiger partial charge in [-0.05, 0) is 69.1 Å². The van der Waals surface area contributed by atoms with E-state index < -0.39 is 0 Å². The van der Waals surface area contributed by atoms with E-state index in [9.17, 15) is 4.79 Å². The van der Waals surface area contributed by atoms with Crippen LogP contribution in [0.5, 0.6) is 0 Å². The molecule has 0 atom stereocenters. The number of unbranched alkanes of at least 4 members (excludes halogenated alkanes) is 6. The molecule has 0 aliphatic heterocycles. The highest BCUT2D eigenvalue weighted by molar-refractivity contribution is 5.77. The van der Waals surface area contributed by atoms with Crippen molar-refractivity contribution in [3.05, 3.63) is 0 Å². The molecule has 0 heterocycles. The first-order valence-electron chi connectivity index (χ1n) is 10.8. The SMILES string of the molecule is CCC#CCCCCCCCCOC(=O)C12CC3CC(CC(C3)C1)C2. The second kappa shape index (κ2) is 9.11. The maximum absolute atomic E-state index is 12.7. The van der Waals surface area contributed by atoms with Gasteiger partial charge in [0.15, 0.2) is 0 Å². The molecular formula is C23H36O2. The molecule has 4 aliphatic rings. The number of esters is 1. The van der Waals surface area contributed by atoms with Crippen molar-refractivity contribution in [2.75, 3.05) is 6.61 Å². The molecule has 140 valence electrons. The van der Waals surface area contributed by atoms with Crippen LogP contribution in [-0.4, -0.2) is 12.6 Å². The van der Waals surface area contributed by atoms with E-state index in [1.807, 2.05) is 0 Å². The van der Waals surface area contributed by atoms with Crippen LogP contribution in [-0.2, 0) is 9.53 Å². The third-order valence-electron chi connectivity index (χ3n) is 6.70. The molecule has 0 spiro atoms. The zero-order chi connectivity index (χ0) is 17.5. The maximum atomic E-state index is 12.7. The predicted octanol–water partition coefficient (Wildman–Crippen LogP) is 5.89. The highest BCUT2D eigenvalue weighted by Gasteiger charge is 2.55. The minimum absolute atomic E-state index is 0.0751. The van der Waals surface area contributed by atoms with E-state index in [0.717, 1.165) is 56.3 Å². The zero-order valence-corrected chi connectivity index (χ0v) is 16.2. The third-order valence-corrected chi connectivity index (χ3v) is 6.70. The van der Waals surface area contributed by atoms with E-state index in [4.69, 9.17) is 4.74 Å². The largest absolute Gasteiger partial charge is 0.465 e. The van der Waals surface area contributed by atoms with Crippen molar-refractivity contribution in [3.8, 4) is 11.8 Å². The summed E-state index contributed by atoms with van der Waals surface area (Å²) in [5.74, 6) is 8.95. The van der Waals surface area contributed by atoms with Crippen LogP contribution < -0.4 is 0 Å². The number of ether oxygens (including phenoxy) is 1. The topological polar surface area (TPSA) is 26.3 Å². The summed E-state index contributed by atoms with van der Waals surface area (Å²) in [7, 11) is 0. The minimum Gasteiger partial charge on any atom is -0.465 e. The van der Waals surface area contributed by atoms with E-state index in [2.05, 4.69) is 18.8 Å². The molecule has 4 rings (SSSR count). The summed E-state index contributed by atoms with van der Waals surface area (Å²) < 4.78 is 5.74. The first-order valence-corrected chi connectivity index (χ1v) is 10.8. The molecule has 4 saturated carbocycles. The lowest BCUT2D eigenvalue weighted by molar-refractivity contribution is -0.171. The molecule has 0 amide bonds. The van der Waals surface area contributed by atoms with Gasteiger partial charge in [-0.2, -0.15) is 0 Å². The van der Waals surface area contributed by atoms with Crippen LogP contribution >= 0.6 is 0 Å². The zero-order valence-electron chi connectivity index (χ0n) is 16.2. The second-order valence-corrected chi connectivity index (χ2v) is 8.91. The lowest BCUT2D eigenvalue weighted by atomic mass is 9.49. The summed E-state index contributed by atoms with van der Waals surface area (Å²) in [6.07, 6.45) is 16.8. The maximum Gasteiger partial charge on any atom is 0.312 e. The summed E-state index contributed by atoms with van der Waals surface area (Å²) in [4.78, 5) is 12.7. The second-order valence-electron chi connectivity index (χ2n) is 8.91. The molecule has 0 aromatic rings. The van der Waals surface area contributed by atoms with E-state index in [1.165, 1.54) is 51.4 Å². The molecule has 0 aromatic carbocycles. The Morgan fingerprint density at radius 2 is 1.44 bits per heavy atom. The fourth-order valence-electron chi connectivity index (χ4n) is 5.91. The van der Waals surface area contributed by atoms with Gasteiger partial charge in [-0.3, -0.25) is 4.79 Å². The lowest BCUT2D eigenvalue weighted by Gasteiger charge is -2.55. The van der Waals surface area contributed by atoms with Crippen LogP contribution in [0.2, 0.25) is 0 Å². The number of hydrogen-bond donors (Lipinski definition) is 0. The summed E-state index contributed by atoms with van der Waals surface area (Å²) in [6, 6.07) is 0. The van der Waals surface area contributed by atoms with Crippen molar-refractivity contribution in [1.82, 2.24) is 0 Å². The van der Waals surface area contributed by atoms with Gasteiger partial charge in [-0.1, -0.05) is 32.6 Å². The van der Waals surface area contributed by atoms with E-state index in [-0.39, 0.29) is 11.4 Å². The molecular weight excluding hydrogens is 308 g/mol. The van der Waals surface area contributed by atoms with Gasteiger partial charge in [-0.15, -0.1) is 11.8 Å². The van der Waals surface area contributed by atoms with Gasteiger partial charge in [0, 0.05) is 12.8 Å². The van der Waals surface area contributed by atoms with Crippen molar-refractivity contribution in [2.45, 2.75) is 96.8 Å². The average Bonchev–Trinajstić information content (AvgIpc) is 2.58. The Morgan fingerprint density at radius 3 is 2.04 bits per heavy atom. The van der Waals surface area contributed by atoms with Crippen molar-refractivity contribution >= 4 is 5.97 Å². The van der Waals surface area contributed by atoms with Gasteiger partial charge in [-0.25, -0.2) is 0 Å². The highest BCUT2D eigenvalue weighted by Crippen LogP contribution is 2.60. The van der Waals surface area contributed by atoms with Crippen molar-refractivity contribution < 1.29 is 9.53 Å². The van der Waals surface area contributed by atoms with Crippen molar-refractivity contribution in [2.24, 2.45) is 23.2 Å². The molecule has 25 heavy (non-hydrogen) atoms. The summed E-state index contributed by atoms with van der Waals surface area (Å²) in [5.41, 5.74) is -0.0751. The normalized spacial score (nSPS) is 32.3. The fourth-order valence-corrected chi connectivity index (χ4v) is 5.91. The van der Waals surface area contributed by atoms with Crippen LogP contribution in [0.4, 0.5) is 0 Å². The Hall–Kier alpha value is -0.970. The molecule has 0 N–H and O–H groups in total. The van der Waals surface area contributed by atoms with Crippen LogP contribution in [0.15, 0.2) is 0 Å². The first kappa shape index (κ1) is 18.8. The summed E-state index contributed by atoms with van der Waals surface area (Å²) in [5, 5.41) is 0. The van der Waals surface area contributed by atoms with E-state index >= 15 is 0 Å². The summed E-state index contributed by atoms with van der Waals surface area (Å²) >= 11 is 0. The van der Waals surface area contributed by atoms with Gasteiger partial charge in [0.2, 0.25) is 0 Å². The number of hydrogen-bond acceptors (Lipinski definition) is 2. The van der Waals surface area contributed by atoms with Crippen LogP contribution in [0.1, 0.15) is 96.8 Å². The molecule has 4 bridgehead atoms. The van der Waals surface area contributed by atoms with Crippen LogP contribution in [0.25, 0.3) is 0 Å². The Bertz CT molecular complexity index is 461. The molecule has 0 unspecified atom stereocenters. The van der Waals surface area contributed by atoms with Gasteiger partial charge >= 0.3 is 5.97 Å². The average molecular weight is 345 g/mol. The lowest BCUT2D eigenvalue weighted by Crippen LogP contribution is -2.50. The molecule has 0 saturated heterocycles. The van der Waals surface area contributed by atoms with Gasteiger partial charge in [0.1, 0.15) is 0 Å². The fraction of sp³-hybridized carbons (Fsp3) is 0.870. The molecule has 2 nitrogen and oxygen atoms in total. The number of rotatable bonds is 9. The minimum atomic E-state index is -0.0751. The molecule has 4 aliphatic carbocycles. The van der Waals surface area contributed by atoms with E-state index in [1.54, 1.807) is 0 Å². The van der Waals surface area contributed by atoms with E-state index in [0.29, 0.717) is 6.61 Å². The third kappa shape index (κ3) is 5.02. The van der Waals surface area contributed by atoms with Crippen LogP contribution in [0.3, 0.4) is 0 Å². The Morgan fingerprint density at radius 1 is 0.880 bits per heavy atom. The molecule has 2 heteroatoms.